The maximum absolute atomic E-state index is 14.2. The lowest BCUT2D eigenvalue weighted by atomic mass is 9.73. The quantitative estimate of drug-likeness (QED) is 0.551. The number of amides is 3. The number of nitrogens with zero attached hydrogens (tertiary/aromatic N) is 1. The number of carbonyl (C=O) groups is 3. The van der Waals surface area contributed by atoms with Crippen molar-refractivity contribution in [3.63, 3.8) is 0 Å². The van der Waals surface area contributed by atoms with E-state index in [1.54, 1.807) is 4.90 Å². The molecule has 3 aliphatic heterocycles. The van der Waals surface area contributed by atoms with Gasteiger partial charge in [-0.1, -0.05) is 81.3 Å². The number of anilines is 1. The van der Waals surface area contributed by atoms with Gasteiger partial charge in [0.15, 0.2) is 0 Å². The standard InChI is InChI=1S/C32H37N3O4/c1-19-9-7-13-23(17-19)33-29(36)26-25-15-16-32(39-25)27(26)31(38)35(18-22-11-5-4-6-12-22)28(32)30(37)34-24-14-8-10-20(2)21(24)3/h4-7,9,11-13,15-17,20-21,24-28H,8,10,14,18H2,1-3H3,(H,33,36)(H,34,37)/t20-,21-,24-,25-,26+,27-,28-,32-/m1/s1. The van der Waals surface area contributed by atoms with Gasteiger partial charge in [-0.2, -0.15) is 0 Å². The van der Waals surface area contributed by atoms with E-state index >= 15 is 0 Å². The van der Waals surface area contributed by atoms with E-state index in [2.05, 4.69) is 24.5 Å². The molecule has 39 heavy (non-hydrogen) atoms. The lowest BCUT2D eigenvalue weighted by Crippen LogP contribution is -2.57. The molecule has 0 radical (unpaired) electrons. The smallest absolute Gasteiger partial charge is 0.246 e. The summed E-state index contributed by atoms with van der Waals surface area (Å²) >= 11 is 0. The minimum atomic E-state index is -1.17. The number of ether oxygens (including phenoxy) is 1. The van der Waals surface area contributed by atoms with E-state index in [0.717, 1.165) is 30.4 Å². The molecule has 204 valence electrons. The summed E-state index contributed by atoms with van der Waals surface area (Å²) in [6, 6.07) is 16.5. The van der Waals surface area contributed by atoms with Crippen LogP contribution >= 0.6 is 0 Å². The van der Waals surface area contributed by atoms with Gasteiger partial charge in [-0.15, -0.1) is 0 Å². The summed E-state index contributed by atoms with van der Waals surface area (Å²) in [6.07, 6.45) is 6.34. The second kappa shape index (κ2) is 9.94. The van der Waals surface area contributed by atoms with Crippen molar-refractivity contribution < 1.29 is 19.1 Å². The molecule has 0 aromatic heterocycles. The zero-order chi connectivity index (χ0) is 27.3. The molecule has 1 aliphatic carbocycles. The fraction of sp³-hybridized carbons (Fsp3) is 0.469. The second-order valence-corrected chi connectivity index (χ2v) is 11.9. The largest absolute Gasteiger partial charge is 0.359 e. The molecule has 3 fully saturated rings. The molecule has 0 unspecified atom stereocenters. The van der Waals surface area contributed by atoms with Crippen LogP contribution in [0.2, 0.25) is 0 Å². The molecule has 8 atom stereocenters. The van der Waals surface area contributed by atoms with E-state index < -0.39 is 29.6 Å². The highest BCUT2D eigenvalue weighted by molar-refractivity contribution is 6.02. The van der Waals surface area contributed by atoms with E-state index in [-0.39, 0.29) is 30.3 Å². The number of hydrogen-bond acceptors (Lipinski definition) is 4. The van der Waals surface area contributed by atoms with Crippen LogP contribution in [0.5, 0.6) is 0 Å². The first-order chi connectivity index (χ1) is 18.8. The summed E-state index contributed by atoms with van der Waals surface area (Å²) in [5.41, 5.74) is 1.47. The number of carbonyl (C=O) groups excluding carboxylic acids is 3. The predicted molar refractivity (Wildman–Crippen MR) is 148 cm³/mol. The second-order valence-electron chi connectivity index (χ2n) is 11.9. The van der Waals surface area contributed by atoms with Crippen LogP contribution in [0.4, 0.5) is 5.69 Å². The Kier molecular flexibility index (Phi) is 6.58. The molecule has 4 aliphatic rings. The molecule has 2 N–H and O–H groups in total. The Morgan fingerprint density at radius 1 is 1.05 bits per heavy atom. The molecule has 3 heterocycles. The van der Waals surface area contributed by atoms with Gasteiger partial charge in [0.2, 0.25) is 17.7 Å². The molecule has 6 rings (SSSR count). The van der Waals surface area contributed by atoms with E-state index in [4.69, 9.17) is 4.74 Å². The molecule has 1 spiro atoms. The summed E-state index contributed by atoms with van der Waals surface area (Å²) in [6.45, 7) is 6.68. The monoisotopic (exact) mass is 527 g/mol. The molecular weight excluding hydrogens is 490 g/mol. The van der Waals surface area contributed by atoms with Crippen molar-refractivity contribution in [1.82, 2.24) is 10.2 Å². The predicted octanol–water partition coefficient (Wildman–Crippen LogP) is 4.23. The van der Waals surface area contributed by atoms with Crippen molar-refractivity contribution in [2.45, 2.75) is 70.4 Å². The van der Waals surface area contributed by atoms with Gasteiger partial charge in [-0.25, -0.2) is 0 Å². The Bertz CT molecular complexity index is 1310. The van der Waals surface area contributed by atoms with Gasteiger partial charge in [0.05, 0.1) is 17.9 Å². The summed E-state index contributed by atoms with van der Waals surface area (Å²) in [5.74, 6) is -1.27. The highest BCUT2D eigenvalue weighted by Crippen LogP contribution is 2.55. The van der Waals surface area contributed by atoms with Gasteiger partial charge in [-0.3, -0.25) is 14.4 Å². The molecule has 2 aromatic rings. The highest BCUT2D eigenvalue weighted by Gasteiger charge is 2.72. The first-order valence-corrected chi connectivity index (χ1v) is 14.2. The van der Waals surface area contributed by atoms with Crippen LogP contribution in [0.3, 0.4) is 0 Å². The van der Waals surface area contributed by atoms with Gasteiger partial charge < -0.3 is 20.3 Å². The zero-order valence-corrected chi connectivity index (χ0v) is 22.8. The fourth-order valence-electron chi connectivity index (χ4n) is 7.21. The summed E-state index contributed by atoms with van der Waals surface area (Å²) < 4.78 is 6.49. The van der Waals surface area contributed by atoms with Crippen molar-refractivity contribution in [3.8, 4) is 0 Å². The maximum Gasteiger partial charge on any atom is 0.246 e. The Hall–Kier alpha value is -3.45. The highest BCUT2D eigenvalue weighted by atomic mass is 16.5. The summed E-state index contributed by atoms with van der Waals surface area (Å²) in [4.78, 5) is 43.6. The lowest BCUT2D eigenvalue weighted by molar-refractivity contribution is -0.142. The molecule has 2 bridgehead atoms. The van der Waals surface area contributed by atoms with Crippen molar-refractivity contribution in [1.29, 1.82) is 0 Å². The molecular formula is C32H37N3O4. The Labute approximate surface area is 230 Å². The molecule has 2 saturated heterocycles. The van der Waals surface area contributed by atoms with Crippen LogP contribution in [0.1, 0.15) is 44.2 Å². The van der Waals surface area contributed by atoms with Crippen molar-refractivity contribution >= 4 is 23.4 Å². The van der Waals surface area contributed by atoms with Crippen molar-refractivity contribution in [3.05, 3.63) is 77.9 Å². The fourth-order valence-corrected chi connectivity index (χ4v) is 7.21. The maximum atomic E-state index is 14.2. The van der Waals surface area contributed by atoms with Gasteiger partial charge >= 0.3 is 0 Å². The van der Waals surface area contributed by atoms with Crippen LogP contribution in [0.25, 0.3) is 0 Å². The van der Waals surface area contributed by atoms with E-state index in [9.17, 15) is 14.4 Å². The summed E-state index contributed by atoms with van der Waals surface area (Å²) in [5, 5.41) is 6.31. The van der Waals surface area contributed by atoms with Crippen molar-refractivity contribution in [2.75, 3.05) is 5.32 Å². The lowest BCUT2D eigenvalue weighted by Gasteiger charge is -2.38. The number of aryl methyl sites for hydroxylation is 1. The first kappa shape index (κ1) is 25.8. The third-order valence-electron chi connectivity index (χ3n) is 9.44. The number of nitrogens with one attached hydrogen (secondary N) is 2. The van der Waals surface area contributed by atoms with E-state index in [1.807, 2.05) is 73.7 Å². The zero-order valence-electron chi connectivity index (χ0n) is 22.8. The normalized spacial score (nSPS) is 34.7. The third-order valence-corrected chi connectivity index (χ3v) is 9.44. The number of rotatable bonds is 6. The van der Waals surface area contributed by atoms with E-state index in [0.29, 0.717) is 17.5 Å². The number of hydrogen-bond donors (Lipinski definition) is 2. The van der Waals surface area contributed by atoms with Gasteiger partial charge in [0.25, 0.3) is 0 Å². The van der Waals surface area contributed by atoms with Gasteiger partial charge in [0, 0.05) is 18.3 Å². The van der Waals surface area contributed by atoms with Gasteiger partial charge in [0.1, 0.15) is 11.6 Å². The first-order valence-electron chi connectivity index (χ1n) is 14.2. The molecule has 3 amide bonds. The molecule has 2 aromatic carbocycles. The van der Waals surface area contributed by atoms with Crippen LogP contribution in [0.15, 0.2) is 66.7 Å². The topological polar surface area (TPSA) is 87.7 Å². The molecule has 1 saturated carbocycles. The third kappa shape index (κ3) is 4.37. The minimum Gasteiger partial charge on any atom is -0.359 e. The number of likely N-dealkylation sites (tertiary alicyclic amines) is 1. The Morgan fingerprint density at radius 2 is 1.85 bits per heavy atom. The van der Waals surface area contributed by atoms with Crippen molar-refractivity contribution in [2.24, 2.45) is 23.7 Å². The molecule has 7 heteroatoms. The average molecular weight is 528 g/mol. The van der Waals surface area contributed by atoms with Crippen LogP contribution in [-0.4, -0.2) is 46.4 Å². The van der Waals surface area contributed by atoms with E-state index in [1.165, 1.54) is 0 Å². The Balaban J connectivity index is 1.33. The van der Waals surface area contributed by atoms with Crippen LogP contribution in [0, 0.1) is 30.6 Å². The van der Waals surface area contributed by atoms with Crippen LogP contribution < -0.4 is 10.6 Å². The SMILES string of the molecule is Cc1cccc(NC(=O)[C@H]2[C@H]3C=C[C@@]4(O3)[C@H]2C(=O)N(Cc2ccccc2)[C@@H]4C(=O)N[C@@H]2CCC[C@@H](C)[C@H]2C)c1. The molecule has 7 nitrogen and oxygen atoms in total. The average Bonchev–Trinajstić information content (AvgIpc) is 3.55. The minimum absolute atomic E-state index is 0.0494. The summed E-state index contributed by atoms with van der Waals surface area (Å²) in [7, 11) is 0. The Morgan fingerprint density at radius 3 is 2.62 bits per heavy atom. The van der Waals surface area contributed by atoms with Gasteiger partial charge in [-0.05, 0) is 48.4 Å². The number of fused-ring (bicyclic) bond motifs is 1. The van der Waals surface area contributed by atoms with Crippen LogP contribution in [-0.2, 0) is 25.7 Å². The number of benzene rings is 2.